The van der Waals surface area contributed by atoms with Gasteiger partial charge >= 0.3 is 0 Å². The molecule has 0 unspecified atom stereocenters. The van der Waals surface area contributed by atoms with Crippen LogP contribution in [-0.4, -0.2) is 11.7 Å². The molecule has 108 valence electrons. The van der Waals surface area contributed by atoms with Gasteiger partial charge in [0.2, 0.25) is 0 Å². The van der Waals surface area contributed by atoms with Crippen molar-refractivity contribution in [3.05, 3.63) is 46.7 Å². The zero-order valence-corrected chi connectivity index (χ0v) is 13.0. The van der Waals surface area contributed by atoms with Crippen molar-refractivity contribution in [3.63, 3.8) is 0 Å². The molecule has 2 rings (SSSR count). The zero-order valence-electron chi connectivity index (χ0n) is 12.2. The summed E-state index contributed by atoms with van der Waals surface area (Å²) in [6, 6.07) is 8.09. The highest BCUT2D eigenvalue weighted by molar-refractivity contribution is 6.31. The Bertz CT molecular complexity index is 578. The SMILES string of the molecule is CCCn1cccc1CNc1cc(C)c(Cl)cc1OC. The predicted molar refractivity (Wildman–Crippen MR) is 84.8 cm³/mol. The van der Waals surface area contributed by atoms with Gasteiger partial charge in [0.05, 0.1) is 19.3 Å². The smallest absolute Gasteiger partial charge is 0.143 e. The fourth-order valence-electron chi connectivity index (χ4n) is 2.23. The van der Waals surface area contributed by atoms with Gasteiger partial charge < -0.3 is 14.6 Å². The highest BCUT2D eigenvalue weighted by Crippen LogP contribution is 2.31. The lowest BCUT2D eigenvalue weighted by molar-refractivity contribution is 0.416. The number of nitrogens with one attached hydrogen (secondary N) is 1. The van der Waals surface area contributed by atoms with E-state index >= 15 is 0 Å². The van der Waals surface area contributed by atoms with Crippen molar-refractivity contribution in [2.24, 2.45) is 0 Å². The summed E-state index contributed by atoms with van der Waals surface area (Å²) in [6.07, 6.45) is 3.25. The number of hydrogen-bond acceptors (Lipinski definition) is 2. The summed E-state index contributed by atoms with van der Waals surface area (Å²) in [6.45, 7) is 5.99. The van der Waals surface area contributed by atoms with Crippen LogP contribution in [0.2, 0.25) is 5.02 Å². The van der Waals surface area contributed by atoms with Crippen LogP contribution in [-0.2, 0) is 13.1 Å². The maximum absolute atomic E-state index is 6.12. The van der Waals surface area contributed by atoms with E-state index in [1.165, 1.54) is 5.69 Å². The highest BCUT2D eigenvalue weighted by Gasteiger charge is 2.07. The Balaban J connectivity index is 2.14. The van der Waals surface area contributed by atoms with Crippen LogP contribution in [0.25, 0.3) is 0 Å². The first kappa shape index (κ1) is 14.8. The molecular formula is C16H21ClN2O. The third-order valence-corrected chi connectivity index (χ3v) is 3.74. The van der Waals surface area contributed by atoms with Crippen LogP contribution in [0.5, 0.6) is 5.75 Å². The van der Waals surface area contributed by atoms with Crippen LogP contribution in [0.15, 0.2) is 30.5 Å². The fraction of sp³-hybridized carbons (Fsp3) is 0.375. The highest BCUT2D eigenvalue weighted by atomic mass is 35.5. The number of benzene rings is 1. The van der Waals surface area contributed by atoms with Crippen molar-refractivity contribution in [2.45, 2.75) is 33.4 Å². The summed E-state index contributed by atoms with van der Waals surface area (Å²) in [7, 11) is 1.66. The number of aromatic nitrogens is 1. The Morgan fingerprint density at radius 3 is 2.85 bits per heavy atom. The van der Waals surface area contributed by atoms with Gasteiger partial charge in [-0.05, 0) is 37.1 Å². The van der Waals surface area contributed by atoms with Gasteiger partial charge in [0.25, 0.3) is 0 Å². The number of rotatable bonds is 6. The van der Waals surface area contributed by atoms with Crippen LogP contribution < -0.4 is 10.1 Å². The van der Waals surface area contributed by atoms with Gasteiger partial charge in [0, 0.05) is 29.5 Å². The summed E-state index contributed by atoms with van der Waals surface area (Å²) in [4.78, 5) is 0. The van der Waals surface area contributed by atoms with Crippen LogP contribution in [0.1, 0.15) is 24.6 Å². The number of anilines is 1. The van der Waals surface area contributed by atoms with Gasteiger partial charge in [-0.3, -0.25) is 0 Å². The molecule has 1 aromatic carbocycles. The normalized spacial score (nSPS) is 10.6. The monoisotopic (exact) mass is 292 g/mol. The standard InChI is InChI=1S/C16H21ClN2O/c1-4-7-19-8-5-6-13(19)11-18-15-9-12(2)14(17)10-16(15)20-3/h5-6,8-10,18H,4,7,11H2,1-3H3. The predicted octanol–water partition coefficient (Wildman–Crippen LogP) is 4.48. The summed E-state index contributed by atoms with van der Waals surface area (Å²) in [5.41, 5.74) is 3.28. The molecule has 4 heteroatoms. The summed E-state index contributed by atoms with van der Waals surface area (Å²) >= 11 is 6.12. The zero-order chi connectivity index (χ0) is 14.5. The van der Waals surface area contributed by atoms with Crippen molar-refractivity contribution >= 4 is 17.3 Å². The summed E-state index contributed by atoms with van der Waals surface area (Å²) in [5, 5.41) is 4.15. The van der Waals surface area contributed by atoms with Crippen LogP contribution in [0.3, 0.4) is 0 Å². The quantitative estimate of drug-likeness (QED) is 0.849. The minimum Gasteiger partial charge on any atom is -0.495 e. The van der Waals surface area contributed by atoms with Gasteiger partial charge in [0.15, 0.2) is 0 Å². The Labute approximate surface area is 125 Å². The molecule has 0 aliphatic heterocycles. The van der Waals surface area contributed by atoms with Crippen molar-refractivity contribution in [1.29, 1.82) is 0 Å². The molecule has 1 heterocycles. The van der Waals surface area contributed by atoms with Gasteiger partial charge in [-0.1, -0.05) is 18.5 Å². The second-order valence-electron chi connectivity index (χ2n) is 4.85. The minimum absolute atomic E-state index is 0.724. The van der Waals surface area contributed by atoms with Gasteiger partial charge in [-0.15, -0.1) is 0 Å². The molecule has 2 aromatic rings. The lowest BCUT2D eigenvalue weighted by atomic mass is 10.2. The van der Waals surface area contributed by atoms with E-state index < -0.39 is 0 Å². The first-order chi connectivity index (χ1) is 9.65. The topological polar surface area (TPSA) is 26.2 Å². The second-order valence-corrected chi connectivity index (χ2v) is 5.26. The molecular weight excluding hydrogens is 272 g/mol. The maximum atomic E-state index is 6.12. The van der Waals surface area contributed by atoms with E-state index in [4.69, 9.17) is 16.3 Å². The van der Waals surface area contributed by atoms with E-state index in [1.54, 1.807) is 7.11 Å². The maximum Gasteiger partial charge on any atom is 0.143 e. The molecule has 0 atom stereocenters. The summed E-state index contributed by atoms with van der Waals surface area (Å²) < 4.78 is 7.64. The molecule has 0 bridgehead atoms. The van der Waals surface area contributed by atoms with E-state index in [0.717, 1.165) is 41.5 Å². The number of methoxy groups -OCH3 is 1. The third kappa shape index (κ3) is 3.28. The van der Waals surface area contributed by atoms with E-state index in [-0.39, 0.29) is 0 Å². The Morgan fingerprint density at radius 1 is 1.35 bits per heavy atom. The Morgan fingerprint density at radius 2 is 2.15 bits per heavy atom. The molecule has 3 nitrogen and oxygen atoms in total. The van der Waals surface area contributed by atoms with Gasteiger partial charge in [0.1, 0.15) is 5.75 Å². The molecule has 0 amide bonds. The molecule has 0 aliphatic carbocycles. The molecule has 0 radical (unpaired) electrons. The van der Waals surface area contributed by atoms with Crippen molar-refractivity contribution in [2.75, 3.05) is 12.4 Å². The van der Waals surface area contributed by atoms with Gasteiger partial charge in [-0.25, -0.2) is 0 Å². The number of ether oxygens (including phenoxy) is 1. The number of hydrogen-bond donors (Lipinski definition) is 1. The number of halogens is 1. The molecule has 0 fully saturated rings. The fourth-order valence-corrected chi connectivity index (χ4v) is 2.38. The molecule has 1 aromatic heterocycles. The molecule has 0 saturated carbocycles. The van der Waals surface area contributed by atoms with Crippen molar-refractivity contribution in [1.82, 2.24) is 4.57 Å². The van der Waals surface area contributed by atoms with Crippen molar-refractivity contribution < 1.29 is 4.74 Å². The van der Waals surface area contributed by atoms with Crippen LogP contribution in [0.4, 0.5) is 5.69 Å². The molecule has 0 aliphatic rings. The van der Waals surface area contributed by atoms with E-state index in [9.17, 15) is 0 Å². The van der Waals surface area contributed by atoms with Gasteiger partial charge in [-0.2, -0.15) is 0 Å². The lowest BCUT2D eigenvalue weighted by Gasteiger charge is -2.14. The van der Waals surface area contributed by atoms with E-state index in [0.29, 0.717) is 0 Å². The molecule has 0 saturated heterocycles. The molecule has 20 heavy (non-hydrogen) atoms. The Kier molecular flexibility index (Phi) is 4.96. The Hall–Kier alpha value is -1.61. The average molecular weight is 293 g/mol. The first-order valence-corrected chi connectivity index (χ1v) is 7.25. The van der Waals surface area contributed by atoms with Crippen LogP contribution >= 0.6 is 11.6 Å². The second kappa shape index (κ2) is 6.71. The van der Waals surface area contributed by atoms with E-state index in [2.05, 4.69) is 35.1 Å². The van der Waals surface area contributed by atoms with Crippen LogP contribution in [0, 0.1) is 6.92 Å². The number of aryl methyl sites for hydroxylation is 2. The average Bonchev–Trinajstić information content (AvgIpc) is 2.87. The van der Waals surface area contributed by atoms with Crippen molar-refractivity contribution in [3.8, 4) is 5.75 Å². The van der Waals surface area contributed by atoms with E-state index in [1.807, 2.05) is 19.1 Å². The minimum atomic E-state index is 0.724. The lowest BCUT2D eigenvalue weighted by Crippen LogP contribution is -2.07. The molecule has 1 N–H and O–H groups in total. The largest absolute Gasteiger partial charge is 0.495 e. The first-order valence-electron chi connectivity index (χ1n) is 6.87. The number of nitrogens with zero attached hydrogens (tertiary/aromatic N) is 1. The summed E-state index contributed by atoms with van der Waals surface area (Å²) in [5.74, 6) is 0.772. The third-order valence-electron chi connectivity index (χ3n) is 3.33. The molecule has 0 spiro atoms.